The van der Waals surface area contributed by atoms with Gasteiger partial charge in [0, 0.05) is 17.8 Å². The third-order valence-electron chi connectivity index (χ3n) is 3.07. The van der Waals surface area contributed by atoms with E-state index in [-0.39, 0.29) is 0 Å². The van der Waals surface area contributed by atoms with Gasteiger partial charge in [-0.25, -0.2) is 9.10 Å². The van der Waals surface area contributed by atoms with Crippen molar-refractivity contribution in [2.24, 2.45) is 11.6 Å². The Kier molecular flexibility index (Phi) is 5.58. The first-order valence-electron chi connectivity index (χ1n) is 6.73. The van der Waals surface area contributed by atoms with E-state index in [1.807, 2.05) is 12.1 Å². The summed E-state index contributed by atoms with van der Waals surface area (Å²) in [6.07, 6.45) is 0. The molecular formula is C15H17N5O2S. The number of hydrogen-bond acceptors (Lipinski definition) is 5. The predicted molar refractivity (Wildman–Crippen MR) is 92.9 cm³/mol. The molecule has 23 heavy (non-hydrogen) atoms. The lowest BCUT2D eigenvalue weighted by Crippen LogP contribution is -2.27. The molecule has 3 amide bonds. The number of benzene rings is 2. The average molecular weight is 331 g/mol. The van der Waals surface area contributed by atoms with Crippen LogP contribution in [-0.4, -0.2) is 11.9 Å². The van der Waals surface area contributed by atoms with Crippen LogP contribution in [0.2, 0.25) is 0 Å². The van der Waals surface area contributed by atoms with Crippen LogP contribution >= 0.6 is 12.8 Å². The maximum absolute atomic E-state index is 12.2. The molecule has 0 aliphatic carbocycles. The molecule has 8 heteroatoms. The van der Waals surface area contributed by atoms with Gasteiger partial charge in [0.25, 0.3) is 0 Å². The molecule has 0 atom stereocenters. The molecule has 0 saturated carbocycles. The molecule has 0 bridgehead atoms. The Morgan fingerprint density at radius 1 is 1.13 bits per heavy atom. The maximum atomic E-state index is 12.2. The molecule has 2 rings (SSSR count). The topological polar surface area (TPSA) is 113 Å². The van der Waals surface area contributed by atoms with Crippen molar-refractivity contribution in [2.75, 3.05) is 9.62 Å². The number of carbonyl (C=O) groups excluding carboxylic acids is 2. The Balaban J connectivity index is 2.07. The van der Waals surface area contributed by atoms with Gasteiger partial charge in [0.05, 0.1) is 5.69 Å². The second-order valence-corrected chi connectivity index (χ2v) is 5.13. The van der Waals surface area contributed by atoms with Gasteiger partial charge in [0.15, 0.2) is 0 Å². The van der Waals surface area contributed by atoms with Gasteiger partial charge in [0.1, 0.15) is 0 Å². The average Bonchev–Trinajstić information content (AvgIpc) is 2.55. The van der Waals surface area contributed by atoms with Crippen molar-refractivity contribution in [3.8, 4) is 0 Å². The molecule has 2 aromatic rings. The number of nitrogens with two attached hydrogens (primary N) is 2. The minimum absolute atomic E-state index is 0.359. The zero-order chi connectivity index (χ0) is 16.8. The third-order valence-corrected chi connectivity index (χ3v) is 3.49. The van der Waals surface area contributed by atoms with Crippen LogP contribution in [0.1, 0.15) is 15.9 Å². The number of rotatable bonds is 5. The Labute approximate surface area is 139 Å². The van der Waals surface area contributed by atoms with Gasteiger partial charge in [0.2, 0.25) is 5.91 Å². The highest BCUT2D eigenvalue weighted by atomic mass is 32.1. The standard InChI is InChI=1S/C15H17N5O2S/c16-14(21)11-4-6-13(7-5-11)20(23)15(22)19-12-3-1-2-10(8-12)9-18-17/h1-8,18,23H,9,17H2,(H2,16,21)(H,19,22). The lowest BCUT2D eigenvalue weighted by molar-refractivity contribution is 0.100. The van der Waals surface area contributed by atoms with Crippen molar-refractivity contribution >= 4 is 36.1 Å². The van der Waals surface area contributed by atoms with Crippen LogP contribution in [0.3, 0.4) is 0 Å². The van der Waals surface area contributed by atoms with E-state index < -0.39 is 11.9 Å². The van der Waals surface area contributed by atoms with Crippen molar-refractivity contribution < 1.29 is 9.59 Å². The van der Waals surface area contributed by atoms with Crippen LogP contribution in [0.15, 0.2) is 48.5 Å². The number of hydrazine groups is 1. The summed E-state index contributed by atoms with van der Waals surface area (Å²) < 4.78 is 1.14. The fourth-order valence-electron chi connectivity index (χ4n) is 1.94. The molecule has 0 heterocycles. The maximum Gasteiger partial charge on any atom is 0.336 e. The van der Waals surface area contributed by atoms with E-state index in [2.05, 4.69) is 23.6 Å². The predicted octanol–water partition coefficient (Wildman–Crippen LogP) is 1.63. The van der Waals surface area contributed by atoms with E-state index in [0.29, 0.717) is 23.5 Å². The summed E-state index contributed by atoms with van der Waals surface area (Å²) in [6.45, 7) is 0.489. The summed E-state index contributed by atoms with van der Waals surface area (Å²) in [4.78, 5) is 23.2. The highest BCUT2D eigenvalue weighted by Crippen LogP contribution is 2.19. The Morgan fingerprint density at radius 2 is 1.83 bits per heavy atom. The van der Waals surface area contributed by atoms with Crippen molar-refractivity contribution in [2.45, 2.75) is 6.54 Å². The first-order valence-corrected chi connectivity index (χ1v) is 7.13. The van der Waals surface area contributed by atoms with Gasteiger partial charge in [-0.3, -0.25) is 16.1 Å². The van der Waals surface area contributed by atoms with Gasteiger partial charge >= 0.3 is 6.03 Å². The number of amides is 3. The van der Waals surface area contributed by atoms with Crippen LogP contribution in [0.4, 0.5) is 16.2 Å². The smallest absolute Gasteiger partial charge is 0.336 e. The zero-order valence-electron chi connectivity index (χ0n) is 12.2. The minimum atomic E-state index is -0.531. The minimum Gasteiger partial charge on any atom is -0.366 e. The molecule has 6 N–H and O–H groups in total. The van der Waals surface area contributed by atoms with Gasteiger partial charge in [-0.05, 0) is 42.0 Å². The van der Waals surface area contributed by atoms with Crippen molar-refractivity contribution in [3.63, 3.8) is 0 Å². The molecular weight excluding hydrogens is 314 g/mol. The number of anilines is 2. The number of hydrogen-bond donors (Lipinski definition) is 5. The molecule has 120 valence electrons. The third kappa shape index (κ3) is 4.46. The van der Waals surface area contributed by atoms with Gasteiger partial charge in [-0.15, -0.1) is 0 Å². The van der Waals surface area contributed by atoms with E-state index in [1.54, 1.807) is 24.3 Å². The Morgan fingerprint density at radius 3 is 2.43 bits per heavy atom. The number of carbonyl (C=O) groups is 2. The van der Waals surface area contributed by atoms with Crippen LogP contribution in [0, 0.1) is 0 Å². The Bertz CT molecular complexity index is 705. The summed E-state index contributed by atoms with van der Waals surface area (Å²) in [5.74, 6) is 4.75. The SMILES string of the molecule is NNCc1cccc(NC(=O)N(S)c2ccc(C(N)=O)cc2)c1. The van der Waals surface area contributed by atoms with Crippen LogP contribution < -0.4 is 26.6 Å². The fourth-order valence-corrected chi connectivity index (χ4v) is 2.12. The monoisotopic (exact) mass is 331 g/mol. The Hall–Kier alpha value is -2.55. The number of urea groups is 1. The molecule has 7 nitrogen and oxygen atoms in total. The van der Waals surface area contributed by atoms with E-state index in [4.69, 9.17) is 11.6 Å². The summed E-state index contributed by atoms with van der Waals surface area (Å²) in [6, 6.07) is 13.1. The zero-order valence-corrected chi connectivity index (χ0v) is 13.1. The molecule has 0 radical (unpaired) electrons. The highest BCUT2D eigenvalue weighted by molar-refractivity contribution is 7.82. The van der Waals surface area contributed by atoms with Crippen molar-refractivity contribution in [1.29, 1.82) is 0 Å². The number of nitrogens with zero attached hydrogens (tertiary/aromatic N) is 1. The summed E-state index contributed by atoms with van der Waals surface area (Å²) in [7, 11) is 0. The first-order chi connectivity index (χ1) is 11.0. The van der Waals surface area contributed by atoms with Crippen LogP contribution in [-0.2, 0) is 6.54 Å². The summed E-state index contributed by atoms with van der Waals surface area (Å²) >= 11 is 4.17. The second kappa shape index (κ2) is 7.63. The van der Waals surface area contributed by atoms with Crippen molar-refractivity contribution in [1.82, 2.24) is 5.43 Å². The molecule has 0 aliphatic heterocycles. The highest BCUT2D eigenvalue weighted by Gasteiger charge is 2.13. The van der Waals surface area contributed by atoms with E-state index in [0.717, 1.165) is 9.87 Å². The van der Waals surface area contributed by atoms with Gasteiger partial charge < -0.3 is 11.1 Å². The molecule has 0 spiro atoms. The molecule has 0 aliphatic rings. The molecule has 0 aromatic heterocycles. The lowest BCUT2D eigenvalue weighted by Gasteiger charge is -2.17. The van der Waals surface area contributed by atoms with E-state index in [1.165, 1.54) is 12.1 Å². The van der Waals surface area contributed by atoms with Crippen LogP contribution in [0.5, 0.6) is 0 Å². The van der Waals surface area contributed by atoms with Gasteiger partial charge in [-0.2, -0.15) is 0 Å². The molecule has 0 unspecified atom stereocenters. The summed E-state index contributed by atoms with van der Waals surface area (Å²) in [5.41, 5.74) is 10.1. The van der Waals surface area contributed by atoms with Crippen LogP contribution in [0.25, 0.3) is 0 Å². The number of thiol groups is 1. The second-order valence-electron chi connectivity index (χ2n) is 4.73. The quantitative estimate of drug-likeness (QED) is 0.325. The largest absolute Gasteiger partial charge is 0.366 e. The van der Waals surface area contributed by atoms with Crippen molar-refractivity contribution in [3.05, 3.63) is 59.7 Å². The molecule has 2 aromatic carbocycles. The van der Waals surface area contributed by atoms with Gasteiger partial charge in [-0.1, -0.05) is 24.9 Å². The number of nitrogens with one attached hydrogen (secondary N) is 2. The number of primary amides is 1. The lowest BCUT2D eigenvalue weighted by atomic mass is 10.2. The molecule has 0 saturated heterocycles. The summed E-state index contributed by atoms with van der Waals surface area (Å²) in [5, 5.41) is 2.73. The first kappa shape index (κ1) is 16.8. The fraction of sp³-hybridized carbons (Fsp3) is 0.0667. The molecule has 0 fully saturated rings. The van der Waals surface area contributed by atoms with E-state index >= 15 is 0 Å². The normalized spacial score (nSPS) is 10.2. The van der Waals surface area contributed by atoms with E-state index in [9.17, 15) is 9.59 Å².